The first-order valence-corrected chi connectivity index (χ1v) is 7.38. The van der Waals surface area contributed by atoms with E-state index in [0.717, 1.165) is 6.42 Å². The van der Waals surface area contributed by atoms with Crippen molar-refractivity contribution in [3.05, 3.63) is 0 Å². The molecule has 0 atom stereocenters. The third-order valence-corrected chi connectivity index (χ3v) is 7.12. The Balaban J connectivity index is 4.28. The second kappa shape index (κ2) is 5.31. The molecule has 0 aliphatic heterocycles. The van der Waals surface area contributed by atoms with E-state index in [2.05, 4.69) is 41.5 Å². The minimum atomic E-state index is -0.359. The Hall–Kier alpha value is 0.177. The van der Waals surface area contributed by atoms with Crippen LogP contribution in [-0.2, 0) is 0 Å². The zero-order valence-corrected chi connectivity index (χ0v) is 11.8. The molecule has 0 spiro atoms. The Labute approximate surface area is 91.5 Å². The molecule has 0 aliphatic carbocycles. The van der Waals surface area contributed by atoms with Crippen LogP contribution in [0.5, 0.6) is 0 Å². The van der Waals surface area contributed by atoms with Crippen molar-refractivity contribution in [3.63, 3.8) is 0 Å². The number of hydrogen-bond acceptors (Lipinski definition) is 1. The molecule has 2 heteroatoms. The molecule has 0 saturated heterocycles. The van der Waals surface area contributed by atoms with Gasteiger partial charge in [-0.3, -0.25) is 0 Å². The van der Waals surface area contributed by atoms with Gasteiger partial charge in [-0.25, -0.2) is 0 Å². The van der Waals surface area contributed by atoms with E-state index in [-0.39, 0.29) is 8.80 Å². The lowest BCUT2D eigenvalue weighted by Crippen LogP contribution is -2.34. The maximum absolute atomic E-state index is 8.80. The molecule has 85 valence electrons. The van der Waals surface area contributed by atoms with Gasteiger partial charge in [-0.15, -0.1) is 0 Å². The van der Waals surface area contributed by atoms with Crippen molar-refractivity contribution in [2.75, 3.05) is 6.61 Å². The summed E-state index contributed by atoms with van der Waals surface area (Å²) < 4.78 is 0. The lowest BCUT2D eigenvalue weighted by Gasteiger charge is -2.39. The average molecular weight is 215 g/mol. The Morgan fingerprint density at radius 1 is 0.857 bits per heavy atom. The van der Waals surface area contributed by atoms with Gasteiger partial charge in [-0.05, 0) is 16.5 Å². The highest BCUT2D eigenvalue weighted by Crippen LogP contribution is 2.44. The Kier molecular flexibility index (Phi) is 5.38. The first-order valence-electron chi connectivity index (χ1n) is 5.67. The summed E-state index contributed by atoms with van der Waals surface area (Å²) >= 11 is 0. The molecule has 14 heavy (non-hydrogen) atoms. The standard InChI is InChI=1S/C12H27OSi/c1-11(2,3)14(12(4,5)6)10-8-7-9-13/h13H,7-10H2,1-6H3. The molecule has 0 bridgehead atoms. The molecule has 0 aromatic rings. The Morgan fingerprint density at radius 2 is 1.29 bits per heavy atom. The molecular formula is C12H27OSi. The van der Waals surface area contributed by atoms with Crippen molar-refractivity contribution in [3.8, 4) is 0 Å². The molecular weight excluding hydrogens is 188 g/mol. The maximum atomic E-state index is 8.80. The lowest BCUT2D eigenvalue weighted by atomic mass is 10.2. The van der Waals surface area contributed by atoms with Crippen molar-refractivity contribution in [2.24, 2.45) is 0 Å². The number of hydrogen-bond donors (Lipinski definition) is 1. The van der Waals surface area contributed by atoms with Gasteiger partial charge in [0.25, 0.3) is 0 Å². The van der Waals surface area contributed by atoms with Crippen LogP contribution in [0, 0.1) is 0 Å². The average Bonchev–Trinajstić information content (AvgIpc) is 1.92. The van der Waals surface area contributed by atoms with Gasteiger partial charge in [0.05, 0.1) is 8.80 Å². The molecule has 1 radical (unpaired) electrons. The second-order valence-corrected chi connectivity index (χ2v) is 10.6. The van der Waals surface area contributed by atoms with Crippen LogP contribution in [0.25, 0.3) is 0 Å². The highest BCUT2D eigenvalue weighted by molar-refractivity contribution is 6.65. The quantitative estimate of drug-likeness (QED) is 0.558. The fourth-order valence-corrected chi connectivity index (χ4v) is 6.64. The van der Waals surface area contributed by atoms with Gasteiger partial charge in [0.1, 0.15) is 0 Å². The lowest BCUT2D eigenvalue weighted by molar-refractivity contribution is 0.286. The fraction of sp³-hybridized carbons (Fsp3) is 1.00. The van der Waals surface area contributed by atoms with Gasteiger partial charge >= 0.3 is 0 Å². The highest BCUT2D eigenvalue weighted by Gasteiger charge is 2.35. The van der Waals surface area contributed by atoms with E-state index in [1.54, 1.807) is 0 Å². The van der Waals surface area contributed by atoms with E-state index in [9.17, 15) is 0 Å². The molecule has 0 heterocycles. The zero-order chi connectivity index (χ0) is 11.4. The molecule has 0 rings (SSSR count). The Morgan fingerprint density at radius 3 is 1.57 bits per heavy atom. The molecule has 0 saturated carbocycles. The number of rotatable bonds is 4. The number of aliphatic hydroxyl groups excluding tert-OH is 1. The van der Waals surface area contributed by atoms with E-state index in [1.165, 1.54) is 12.5 Å². The first kappa shape index (κ1) is 14.2. The minimum Gasteiger partial charge on any atom is -0.396 e. The van der Waals surface area contributed by atoms with Gasteiger partial charge in [-0.1, -0.05) is 54.0 Å². The summed E-state index contributed by atoms with van der Waals surface area (Å²) in [7, 11) is -0.359. The van der Waals surface area contributed by atoms with Gasteiger partial charge in [0, 0.05) is 6.61 Å². The molecule has 0 aromatic carbocycles. The van der Waals surface area contributed by atoms with Crippen LogP contribution in [0.2, 0.25) is 16.1 Å². The van der Waals surface area contributed by atoms with Gasteiger partial charge in [0.2, 0.25) is 0 Å². The highest BCUT2D eigenvalue weighted by atomic mass is 28.3. The largest absolute Gasteiger partial charge is 0.396 e. The first-order chi connectivity index (χ1) is 6.19. The minimum absolute atomic E-state index is 0.351. The summed E-state index contributed by atoms with van der Waals surface area (Å²) in [6, 6.07) is 1.33. The third-order valence-electron chi connectivity index (χ3n) is 2.65. The topological polar surface area (TPSA) is 20.2 Å². The summed E-state index contributed by atoms with van der Waals surface area (Å²) in [6.45, 7) is 14.5. The fourth-order valence-electron chi connectivity index (χ4n) is 2.29. The van der Waals surface area contributed by atoms with Crippen LogP contribution in [-0.4, -0.2) is 20.5 Å². The van der Waals surface area contributed by atoms with E-state index >= 15 is 0 Å². The van der Waals surface area contributed by atoms with Crippen molar-refractivity contribution >= 4 is 8.80 Å². The summed E-state index contributed by atoms with van der Waals surface area (Å²) in [5, 5.41) is 9.74. The SMILES string of the molecule is CC(C)(C)[Si](CCCCO)C(C)(C)C. The predicted octanol–water partition coefficient (Wildman–Crippen LogP) is 3.85. The summed E-state index contributed by atoms with van der Waals surface area (Å²) in [5.41, 5.74) is 0. The van der Waals surface area contributed by atoms with E-state index in [1.807, 2.05) is 0 Å². The van der Waals surface area contributed by atoms with Crippen LogP contribution < -0.4 is 0 Å². The van der Waals surface area contributed by atoms with Crippen LogP contribution >= 0.6 is 0 Å². The molecule has 0 aromatic heterocycles. The van der Waals surface area contributed by atoms with Gasteiger partial charge < -0.3 is 5.11 Å². The predicted molar refractivity (Wildman–Crippen MR) is 66.3 cm³/mol. The number of unbranched alkanes of at least 4 members (excludes halogenated alkanes) is 1. The molecule has 0 aliphatic rings. The van der Waals surface area contributed by atoms with Crippen LogP contribution in [0.1, 0.15) is 54.4 Å². The van der Waals surface area contributed by atoms with Gasteiger partial charge in [0.15, 0.2) is 0 Å². The normalized spacial score (nSPS) is 13.7. The summed E-state index contributed by atoms with van der Waals surface area (Å²) in [5.74, 6) is 0. The summed E-state index contributed by atoms with van der Waals surface area (Å²) in [6.07, 6.45) is 2.17. The van der Waals surface area contributed by atoms with E-state index < -0.39 is 0 Å². The second-order valence-electron chi connectivity index (χ2n) is 6.16. The monoisotopic (exact) mass is 215 g/mol. The van der Waals surface area contributed by atoms with E-state index in [4.69, 9.17) is 5.11 Å². The molecule has 0 fully saturated rings. The molecule has 0 unspecified atom stereocenters. The van der Waals surface area contributed by atoms with Gasteiger partial charge in [-0.2, -0.15) is 0 Å². The van der Waals surface area contributed by atoms with E-state index in [0.29, 0.717) is 16.7 Å². The van der Waals surface area contributed by atoms with Crippen LogP contribution in [0.15, 0.2) is 0 Å². The van der Waals surface area contributed by atoms with Crippen molar-refractivity contribution in [2.45, 2.75) is 70.5 Å². The van der Waals surface area contributed by atoms with Crippen molar-refractivity contribution < 1.29 is 5.11 Å². The third kappa shape index (κ3) is 5.16. The molecule has 1 N–H and O–H groups in total. The molecule has 1 nitrogen and oxygen atoms in total. The smallest absolute Gasteiger partial charge is 0.0595 e. The molecule has 0 amide bonds. The van der Waals surface area contributed by atoms with Crippen LogP contribution in [0.3, 0.4) is 0 Å². The van der Waals surface area contributed by atoms with Crippen molar-refractivity contribution in [1.29, 1.82) is 0 Å². The summed E-state index contributed by atoms with van der Waals surface area (Å²) in [4.78, 5) is 0. The maximum Gasteiger partial charge on any atom is 0.0595 e. The number of aliphatic hydroxyl groups is 1. The zero-order valence-electron chi connectivity index (χ0n) is 10.8. The Bertz CT molecular complexity index is 139. The van der Waals surface area contributed by atoms with Crippen LogP contribution in [0.4, 0.5) is 0 Å². The van der Waals surface area contributed by atoms with Crippen molar-refractivity contribution in [1.82, 2.24) is 0 Å².